The Labute approximate surface area is 77.9 Å². The highest BCUT2D eigenvalue weighted by atomic mass is 127. The zero-order chi connectivity index (χ0) is 8.43. The first-order chi connectivity index (χ1) is 5.16. The van der Waals surface area contributed by atoms with Crippen LogP contribution in [0.15, 0.2) is 12.1 Å². The molecule has 0 atom stereocenters. The van der Waals surface area contributed by atoms with Gasteiger partial charge < -0.3 is 11.5 Å². The van der Waals surface area contributed by atoms with Crippen molar-refractivity contribution in [1.82, 2.24) is 0 Å². The molecule has 2 nitrogen and oxygen atoms in total. The number of anilines is 1. The Morgan fingerprint density at radius 1 is 1.45 bits per heavy atom. The van der Waals surface area contributed by atoms with E-state index in [-0.39, 0.29) is 12.4 Å². The molecule has 11 heavy (non-hydrogen) atoms. The number of rotatable bonds is 1. The maximum atomic E-state index is 13.1. The van der Waals surface area contributed by atoms with Crippen molar-refractivity contribution in [2.24, 2.45) is 5.73 Å². The highest BCUT2D eigenvalue weighted by Crippen LogP contribution is 2.20. The van der Waals surface area contributed by atoms with Crippen molar-refractivity contribution in [3.05, 3.63) is 27.1 Å². The lowest BCUT2D eigenvalue weighted by Crippen LogP contribution is -2.05. The summed E-state index contributed by atoms with van der Waals surface area (Å²) in [5, 5.41) is 0. The molecule has 0 aliphatic heterocycles. The topological polar surface area (TPSA) is 52.0 Å². The number of hydrogen-bond donors (Lipinski definition) is 2. The predicted molar refractivity (Wildman–Crippen MR) is 51.4 cm³/mol. The van der Waals surface area contributed by atoms with Crippen LogP contribution in [0.2, 0.25) is 0 Å². The van der Waals surface area contributed by atoms with Crippen molar-refractivity contribution >= 4 is 28.3 Å². The minimum absolute atomic E-state index is 0.147. The molecular formula is C7H8FIN2. The average molecular weight is 266 g/mol. The number of benzene rings is 1. The number of halogens is 2. The Morgan fingerprint density at radius 2 is 2.09 bits per heavy atom. The Morgan fingerprint density at radius 3 is 2.55 bits per heavy atom. The zero-order valence-corrected chi connectivity index (χ0v) is 7.93. The molecule has 0 amide bonds. The van der Waals surface area contributed by atoms with Crippen LogP contribution in [0.25, 0.3) is 0 Å². The standard InChI is InChI=1S/C7H8FIN2/c8-7-4(3-10)6(11)2-1-5(7)9/h1-2H,3,10-11H2. The van der Waals surface area contributed by atoms with Gasteiger partial charge in [-0.2, -0.15) is 0 Å². The van der Waals surface area contributed by atoms with Gasteiger partial charge in [0.15, 0.2) is 0 Å². The van der Waals surface area contributed by atoms with E-state index in [1.165, 1.54) is 0 Å². The van der Waals surface area contributed by atoms with Gasteiger partial charge in [0.1, 0.15) is 5.82 Å². The van der Waals surface area contributed by atoms with E-state index in [0.717, 1.165) is 0 Å². The highest BCUT2D eigenvalue weighted by molar-refractivity contribution is 14.1. The van der Waals surface area contributed by atoms with Gasteiger partial charge in [-0.05, 0) is 34.7 Å². The number of nitrogens with two attached hydrogens (primary N) is 2. The van der Waals surface area contributed by atoms with Crippen LogP contribution in [0.1, 0.15) is 5.56 Å². The lowest BCUT2D eigenvalue weighted by Gasteiger charge is -2.04. The van der Waals surface area contributed by atoms with Gasteiger partial charge in [0.05, 0.1) is 0 Å². The van der Waals surface area contributed by atoms with Gasteiger partial charge in [-0.15, -0.1) is 0 Å². The first-order valence-electron chi connectivity index (χ1n) is 3.09. The Hall–Kier alpha value is -0.360. The Balaban J connectivity index is 3.29. The summed E-state index contributed by atoms with van der Waals surface area (Å²) in [7, 11) is 0. The molecule has 0 unspecified atom stereocenters. The second kappa shape index (κ2) is 3.36. The van der Waals surface area contributed by atoms with Gasteiger partial charge in [0, 0.05) is 21.4 Å². The summed E-state index contributed by atoms with van der Waals surface area (Å²) < 4.78 is 13.6. The van der Waals surface area contributed by atoms with Crippen LogP contribution < -0.4 is 11.5 Å². The van der Waals surface area contributed by atoms with E-state index in [1.54, 1.807) is 12.1 Å². The second-order valence-corrected chi connectivity index (χ2v) is 3.30. The molecule has 4 N–H and O–H groups in total. The summed E-state index contributed by atoms with van der Waals surface area (Å²) in [6.45, 7) is 0.147. The van der Waals surface area contributed by atoms with Crippen molar-refractivity contribution < 1.29 is 4.39 Å². The number of hydrogen-bond acceptors (Lipinski definition) is 2. The highest BCUT2D eigenvalue weighted by Gasteiger charge is 2.07. The molecule has 0 aliphatic rings. The third kappa shape index (κ3) is 1.62. The van der Waals surface area contributed by atoms with Crippen LogP contribution in [0.4, 0.5) is 10.1 Å². The molecule has 4 heteroatoms. The van der Waals surface area contributed by atoms with Crippen LogP contribution in [0, 0.1) is 9.39 Å². The van der Waals surface area contributed by atoms with Crippen LogP contribution >= 0.6 is 22.6 Å². The Kier molecular flexibility index (Phi) is 2.67. The van der Waals surface area contributed by atoms with E-state index in [0.29, 0.717) is 14.8 Å². The normalized spacial score (nSPS) is 10.1. The Bertz CT molecular complexity index is 275. The number of nitrogen functional groups attached to an aromatic ring is 1. The van der Waals surface area contributed by atoms with E-state index >= 15 is 0 Å². The van der Waals surface area contributed by atoms with Gasteiger partial charge in [0.25, 0.3) is 0 Å². The minimum Gasteiger partial charge on any atom is -0.398 e. The van der Waals surface area contributed by atoms with Crippen LogP contribution in [0.3, 0.4) is 0 Å². The molecule has 0 aromatic heterocycles. The van der Waals surface area contributed by atoms with Gasteiger partial charge >= 0.3 is 0 Å². The molecule has 0 spiro atoms. The van der Waals surface area contributed by atoms with Crippen molar-refractivity contribution in [3.63, 3.8) is 0 Å². The predicted octanol–water partition coefficient (Wildman–Crippen LogP) is 1.47. The fourth-order valence-corrected chi connectivity index (χ4v) is 1.32. The van der Waals surface area contributed by atoms with E-state index in [1.807, 2.05) is 22.6 Å². The summed E-state index contributed by atoms with van der Waals surface area (Å²) >= 11 is 1.90. The molecule has 60 valence electrons. The maximum absolute atomic E-state index is 13.1. The molecular weight excluding hydrogens is 258 g/mol. The van der Waals surface area contributed by atoms with Gasteiger partial charge in [-0.25, -0.2) is 4.39 Å². The third-order valence-corrected chi connectivity index (χ3v) is 2.27. The van der Waals surface area contributed by atoms with Gasteiger partial charge in [-0.1, -0.05) is 0 Å². The van der Waals surface area contributed by atoms with Crippen molar-refractivity contribution in [2.45, 2.75) is 6.54 Å². The third-order valence-electron chi connectivity index (χ3n) is 1.44. The maximum Gasteiger partial charge on any atom is 0.143 e. The van der Waals surface area contributed by atoms with Crippen molar-refractivity contribution in [3.8, 4) is 0 Å². The van der Waals surface area contributed by atoms with E-state index in [9.17, 15) is 4.39 Å². The fraction of sp³-hybridized carbons (Fsp3) is 0.143. The first kappa shape index (κ1) is 8.73. The van der Waals surface area contributed by atoms with E-state index in [4.69, 9.17) is 11.5 Å². The van der Waals surface area contributed by atoms with Crippen LogP contribution in [-0.2, 0) is 6.54 Å². The van der Waals surface area contributed by atoms with Crippen LogP contribution in [-0.4, -0.2) is 0 Å². The average Bonchev–Trinajstić information content (AvgIpc) is 1.99. The summed E-state index contributed by atoms with van der Waals surface area (Å²) in [5.41, 5.74) is 11.6. The molecule has 0 radical (unpaired) electrons. The summed E-state index contributed by atoms with van der Waals surface area (Å²) in [5.74, 6) is -0.298. The smallest absolute Gasteiger partial charge is 0.143 e. The lowest BCUT2D eigenvalue weighted by molar-refractivity contribution is 0.604. The van der Waals surface area contributed by atoms with Crippen molar-refractivity contribution in [1.29, 1.82) is 0 Å². The molecule has 0 saturated heterocycles. The SMILES string of the molecule is NCc1c(N)ccc(I)c1F. The fourth-order valence-electron chi connectivity index (χ4n) is 0.815. The molecule has 0 bridgehead atoms. The lowest BCUT2D eigenvalue weighted by atomic mass is 10.2. The quantitative estimate of drug-likeness (QED) is 0.597. The molecule has 1 aromatic rings. The molecule has 0 heterocycles. The molecule has 1 rings (SSSR count). The molecule has 0 aliphatic carbocycles. The second-order valence-electron chi connectivity index (χ2n) is 2.13. The van der Waals surface area contributed by atoms with E-state index in [2.05, 4.69) is 0 Å². The van der Waals surface area contributed by atoms with Gasteiger partial charge in [0.2, 0.25) is 0 Å². The largest absolute Gasteiger partial charge is 0.398 e. The summed E-state index contributed by atoms with van der Waals surface area (Å²) in [4.78, 5) is 0. The zero-order valence-electron chi connectivity index (χ0n) is 5.77. The van der Waals surface area contributed by atoms with Gasteiger partial charge in [-0.3, -0.25) is 0 Å². The molecule has 1 aromatic carbocycles. The summed E-state index contributed by atoms with van der Waals surface area (Å²) in [6.07, 6.45) is 0. The summed E-state index contributed by atoms with van der Waals surface area (Å²) in [6, 6.07) is 3.29. The minimum atomic E-state index is -0.298. The van der Waals surface area contributed by atoms with Crippen molar-refractivity contribution in [2.75, 3.05) is 5.73 Å². The molecule has 0 fully saturated rings. The molecule has 0 saturated carbocycles. The first-order valence-corrected chi connectivity index (χ1v) is 4.17. The monoisotopic (exact) mass is 266 g/mol. The van der Waals surface area contributed by atoms with E-state index < -0.39 is 0 Å². The van der Waals surface area contributed by atoms with Crippen LogP contribution in [0.5, 0.6) is 0 Å².